The van der Waals surface area contributed by atoms with Crippen molar-refractivity contribution in [2.45, 2.75) is 11.8 Å². The van der Waals surface area contributed by atoms with E-state index in [0.29, 0.717) is 11.3 Å². The molecule has 3 N–H and O–H groups in total. The molecule has 0 aliphatic rings. The number of hydrogen-bond donors (Lipinski definition) is 2. The van der Waals surface area contributed by atoms with Crippen molar-refractivity contribution in [1.82, 2.24) is 0 Å². The van der Waals surface area contributed by atoms with E-state index >= 15 is 0 Å². The Hall–Kier alpha value is -1.60. The van der Waals surface area contributed by atoms with E-state index in [9.17, 15) is 13.2 Å². The number of rotatable bonds is 2. The number of benzene rings is 1. The number of methoxy groups -OCH3 is 1. The summed E-state index contributed by atoms with van der Waals surface area (Å²) in [6, 6.07) is 4.41. The van der Waals surface area contributed by atoms with Crippen LogP contribution in [0.1, 0.15) is 5.56 Å². The Morgan fingerprint density at radius 3 is 2.56 bits per heavy atom. The van der Waals surface area contributed by atoms with Gasteiger partial charge in [0.05, 0.1) is 12.0 Å². The van der Waals surface area contributed by atoms with Crippen LogP contribution in [-0.4, -0.2) is 21.6 Å². The molecule has 16 heavy (non-hydrogen) atoms. The highest BCUT2D eigenvalue weighted by Crippen LogP contribution is 2.21. The summed E-state index contributed by atoms with van der Waals surface area (Å²) in [6.45, 7) is 1.55. The summed E-state index contributed by atoms with van der Waals surface area (Å²) < 4.78 is 26.8. The summed E-state index contributed by atoms with van der Waals surface area (Å²) in [5.41, 5.74) is 0.716. The number of nitrogens with two attached hydrogens (primary N) is 1. The maximum absolute atomic E-state index is 11.2. The van der Waals surface area contributed by atoms with Gasteiger partial charge in [0.15, 0.2) is 0 Å². The molecule has 0 aliphatic carbocycles. The van der Waals surface area contributed by atoms with Crippen LogP contribution >= 0.6 is 0 Å². The van der Waals surface area contributed by atoms with Crippen LogP contribution in [0.5, 0.6) is 0 Å². The molecule has 0 saturated carbocycles. The van der Waals surface area contributed by atoms with E-state index in [0.717, 1.165) is 0 Å². The molecule has 0 saturated heterocycles. The van der Waals surface area contributed by atoms with Crippen LogP contribution in [0.4, 0.5) is 10.5 Å². The number of amides is 1. The minimum Gasteiger partial charge on any atom is -0.453 e. The van der Waals surface area contributed by atoms with Gasteiger partial charge >= 0.3 is 6.09 Å². The number of carbonyl (C=O) groups is 1. The molecule has 1 aromatic carbocycles. The molecule has 1 amide bonds. The second-order valence-corrected chi connectivity index (χ2v) is 4.62. The van der Waals surface area contributed by atoms with Crippen molar-refractivity contribution in [3.05, 3.63) is 23.8 Å². The molecule has 6 nitrogen and oxygen atoms in total. The SMILES string of the molecule is COC(=O)Nc1cccc(S(N)(=O)=O)c1C. The minimum absolute atomic E-state index is 0.0265. The highest BCUT2D eigenvalue weighted by molar-refractivity contribution is 7.89. The summed E-state index contributed by atoms with van der Waals surface area (Å²) in [5.74, 6) is 0. The lowest BCUT2D eigenvalue weighted by molar-refractivity contribution is 0.187. The fourth-order valence-corrected chi connectivity index (χ4v) is 2.02. The average molecular weight is 244 g/mol. The second-order valence-electron chi connectivity index (χ2n) is 3.09. The number of ether oxygens (including phenoxy) is 1. The number of hydrogen-bond acceptors (Lipinski definition) is 4. The van der Waals surface area contributed by atoms with E-state index in [2.05, 4.69) is 10.1 Å². The zero-order valence-corrected chi connectivity index (χ0v) is 9.67. The molecule has 7 heteroatoms. The normalized spacial score (nSPS) is 10.9. The van der Waals surface area contributed by atoms with Gasteiger partial charge in [0.1, 0.15) is 0 Å². The monoisotopic (exact) mass is 244 g/mol. The number of primary sulfonamides is 1. The van der Waals surface area contributed by atoms with Gasteiger partial charge in [0.25, 0.3) is 0 Å². The molecule has 88 valence electrons. The van der Waals surface area contributed by atoms with Crippen LogP contribution in [0, 0.1) is 6.92 Å². The molecule has 0 unspecified atom stereocenters. The minimum atomic E-state index is -3.79. The average Bonchev–Trinajstić information content (AvgIpc) is 2.19. The fourth-order valence-electron chi connectivity index (χ4n) is 1.22. The zero-order valence-electron chi connectivity index (χ0n) is 8.85. The summed E-state index contributed by atoms with van der Waals surface area (Å²) in [7, 11) is -2.57. The molecule has 0 atom stereocenters. The van der Waals surface area contributed by atoms with Gasteiger partial charge in [-0.05, 0) is 24.6 Å². The van der Waals surface area contributed by atoms with Gasteiger partial charge in [-0.1, -0.05) is 6.07 Å². The number of carbonyl (C=O) groups excluding carboxylic acids is 1. The third-order valence-electron chi connectivity index (χ3n) is 2.01. The third kappa shape index (κ3) is 2.71. The summed E-state index contributed by atoms with van der Waals surface area (Å²) in [4.78, 5) is 11.0. The van der Waals surface area contributed by atoms with Gasteiger partial charge < -0.3 is 4.74 Å². The molecule has 0 spiro atoms. The van der Waals surface area contributed by atoms with E-state index in [1.165, 1.54) is 19.2 Å². The lowest BCUT2D eigenvalue weighted by Crippen LogP contribution is -2.16. The maximum atomic E-state index is 11.2. The third-order valence-corrected chi connectivity index (χ3v) is 3.07. The molecular formula is C9H12N2O4S. The summed E-state index contributed by atoms with van der Waals surface area (Å²) in [5, 5.41) is 7.41. The van der Waals surface area contributed by atoms with Gasteiger partial charge in [-0.3, -0.25) is 5.32 Å². The van der Waals surface area contributed by atoms with E-state index in [-0.39, 0.29) is 4.90 Å². The molecule has 1 rings (SSSR count). The van der Waals surface area contributed by atoms with Crippen molar-refractivity contribution >= 4 is 21.8 Å². The Morgan fingerprint density at radius 1 is 1.44 bits per heavy atom. The van der Waals surface area contributed by atoms with Crippen molar-refractivity contribution in [2.75, 3.05) is 12.4 Å². The molecular weight excluding hydrogens is 232 g/mol. The first-order valence-electron chi connectivity index (χ1n) is 4.33. The maximum Gasteiger partial charge on any atom is 0.411 e. The largest absolute Gasteiger partial charge is 0.453 e. The highest BCUT2D eigenvalue weighted by atomic mass is 32.2. The van der Waals surface area contributed by atoms with Crippen LogP contribution in [0.15, 0.2) is 23.1 Å². The van der Waals surface area contributed by atoms with Crippen LogP contribution in [-0.2, 0) is 14.8 Å². The Bertz CT molecular complexity index is 510. The second kappa shape index (κ2) is 4.50. The number of sulfonamides is 1. The molecule has 0 aromatic heterocycles. The quantitative estimate of drug-likeness (QED) is 0.804. The van der Waals surface area contributed by atoms with Gasteiger partial charge in [-0.2, -0.15) is 0 Å². The zero-order chi connectivity index (χ0) is 12.3. The topological polar surface area (TPSA) is 98.5 Å². The van der Waals surface area contributed by atoms with Crippen LogP contribution < -0.4 is 10.5 Å². The van der Waals surface area contributed by atoms with E-state index in [4.69, 9.17) is 5.14 Å². The van der Waals surface area contributed by atoms with E-state index in [1.54, 1.807) is 13.0 Å². The van der Waals surface area contributed by atoms with Crippen molar-refractivity contribution in [1.29, 1.82) is 0 Å². The fraction of sp³-hybridized carbons (Fsp3) is 0.222. The smallest absolute Gasteiger partial charge is 0.411 e. The highest BCUT2D eigenvalue weighted by Gasteiger charge is 2.14. The Labute approximate surface area is 93.5 Å². The Kier molecular flexibility index (Phi) is 3.51. The molecule has 1 aromatic rings. The number of anilines is 1. The first kappa shape index (κ1) is 12.5. The van der Waals surface area contributed by atoms with Crippen molar-refractivity contribution in [2.24, 2.45) is 5.14 Å². The van der Waals surface area contributed by atoms with Gasteiger partial charge in [-0.25, -0.2) is 18.4 Å². The van der Waals surface area contributed by atoms with Crippen LogP contribution in [0.25, 0.3) is 0 Å². The standard InChI is InChI=1S/C9H12N2O4S/c1-6-7(11-9(12)15-2)4-3-5-8(6)16(10,13)14/h3-5H,1-2H3,(H,11,12)(H2,10,13,14). The molecule has 0 aliphatic heterocycles. The first-order chi connectivity index (χ1) is 7.36. The summed E-state index contributed by atoms with van der Waals surface area (Å²) in [6.07, 6.45) is -0.672. The van der Waals surface area contributed by atoms with E-state index < -0.39 is 16.1 Å². The van der Waals surface area contributed by atoms with Crippen molar-refractivity contribution in [3.8, 4) is 0 Å². The molecule has 0 radical (unpaired) electrons. The van der Waals surface area contributed by atoms with Crippen molar-refractivity contribution in [3.63, 3.8) is 0 Å². The molecule has 0 heterocycles. The van der Waals surface area contributed by atoms with Crippen LogP contribution in [0.2, 0.25) is 0 Å². The molecule has 0 bridgehead atoms. The molecule has 0 fully saturated rings. The lowest BCUT2D eigenvalue weighted by Gasteiger charge is -2.10. The van der Waals surface area contributed by atoms with Gasteiger partial charge in [0, 0.05) is 5.69 Å². The first-order valence-corrected chi connectivity index (χ1v) is 5.88. The Balaban J connectivity index is 3.20. The number of nitrogens with one attached hydrogen (secondary N) is 1. The van der Waals surface area contributed by atoms with Crippen molar-refractivity contribution < 1.29 is 17.9 Å². The van der Waals surface area contributed by atoms with Gasteiger partial charge in [0.2, 0.25) is 10.0 Å². The summed E-state index contributed by atoms with van der Waals surface area (Å²) >= 11 is 0. The van der Waals surface area contributed by atoms with Crippen LogP contribution in [0.3, 0.4) is 0 Å². The van der Waals surface area contributed by atoms with E-state index in [1.807, 2.05) is 0 Å². The predicted molar refractivity (Wildman–Crippen MR) is 58.6 cm³/mol. The Morgan fingerprint density at radius 2 is 2.06 bits per heavy atom. The predicted octanol–water partition coefficient (Wildman–Crippen LogP) is 0.821. The van der Waals surface area contributed by atoms with Gasteiger partial charge in [-0.15, -0.1) is 0 Å². The lowest BCUT2D eigenvalue weighted by atomic mass is 10.2.